The molecule has 2 fully saturated rings. The van der Waals surface area contributed by atoms with E-state index in [1.807, 2.05) is 35.2 Å². The Morgan fingerprint density at radius 3 is 2.52 bits per heavy atom. The van der Waals surface area contributed by atoms with Gasteiger partial charge in [-0.15, -0.1) is 0 Å². The first-order chi connectivity index (χ1) is 10.3. The first-order valence-electron chi connectivity index (χ1n) is 8.07. The number of nitrogens with one attached hydrogen (secondary N) is 1. The summed E-state index contributed by atoms with van der Waals surface area (Å²) in [5.74, 6) is 1.21. The van der Waals surface area contributed by atoms with Gasteiger partial charge in [0.1, 0.15) is 11.9 Å². The Balaban J connectivity index is 1.47. The molecule has 0 bridgehead atoms. The van der Waals surface area contributed by atoms with Crippen molar-refractivity contribution in [3.8, 4) is 5.75 Å². The van der Waals surface area contributed by atoms with Gasteiger partial charge in [-0.3, -0.25) is 4.79 Å². The highest BCUT2D eigenvalue weighted by molar-refractivity contribution is 5.82. The first-order valence-corrected chi connectivity index (χ1v) is 8.07. The number of ether oxygens (including phenoxy) is 1. The fourth-order valence-corrected chi connectivity index (χ4v) is 3.17. The van der Waals surface area contributed by atoms with E-state index in [4.69, 9.17) is 4.74 Å². The highest BCUT2D eigenvalue weighted by Crippen LogP contribution is 2.20. The van der Waals surface area contributed by atoms with Gasteiger partial charge in [0.25, 0.3) is 0 Å². The van der Waals surface area contributed by atoms with Crippen LogP contribution in [0, 0.1) is 0 Å². The molecular weight excluding hydrogens is 264 g/mol. The van der Waals surface area contributed by atoms with E-state index < -0.39 is 0 Å². The summed E-state index contributed by atoms with van der Waals surface area (Å²) in [4.78, 5) is 14.4. The van der Waals surface area contributed by atoms with E-state index in [2.05, 4.69) is 5.32 Å². The number of hydrogen-bond donors (Lipinski definition) is 1. The lowest BCUT2D eigenvalue weighted by molar-refractivity contribution is -0.135. The van der Waals surface area contributed by atoms with Crippen molar-refractivity contribution in [2.24, 2.45) is 0 Å². The molecule has 1 aromatic rings. The lowest BCUT2D eigenvalue weighted by Gasteiger charge is -2.35. The molecule has 21 heavy (non-hydrogen) atoms. The molecule has 3 rings (SSSR count). The fourth-order valence-electron chi connectivity index (χ4n) is 3.17. The van der Waals surface area contributed by atoms with E-state index in [0.717, 1.165) is 51.1 Å². The van der Waals surface area contributed by atoms with Gasteiger partial charge in [0, 0.05) is 25.9 Å². The fraction of sp³-hybridized carbons (Fsp3) is 0.588. The van der Waals surface area contributed by atoms with Crippen LogP contribution in [0.4, 0.5) is 0 Å². The Kier molecular flexibility index (Phi) is 4.76. The number of benzene rings is 1. The summed E-state index contributed by atoms with van der Waals surface area (Å²) >= 11 is 0. The Bertz CT molecular complexity index is 449. The van der Waals surface area contributed by atoms with Crippen LogP contribution in [-0.4, -0.2) is 42.6 Å². The monoisotopic (exact) mass is 288 g/mol. The van der Waals surface area contributed by atoms with Crippen LogP contribution in [0.1, 0.15) is 32.1 Å². The molecule has 1 unspecified atom stereocenters. The van der Waals surface area contributed by atoms with Crippen LogP contribution in [0.15, 0.2) is 30.3 Å². The Morgan fingerprint density at radius 1 is 1.10 bits per heavy atom. The van der Waals surface area contributed by atoms with Crippen molar-refractivity contribution in [3.05, 3.63) is 30.3 Å². The zero-order valence-corrected chi connectivity index (χ0v) is 12.5. The molecular formula is C17H24N2O2. The number of likely N-dealkylation sites (tertiary alicyclic amines) is 1. The number of para-hydroxylation sites is 1. The van der Waals surface area contributed by atoms with Crippen molar-refractivity contribution >= 4 is 5.91 Å². The lowest BCUT2D eigenvalue weighted by atomic mass is 10.0. The molecule has 4 nitrogen and oxygen atoms in total. The molecule has 1 amide bonds. The van der Waals surface area contributed by atoms with Crippen LogP contribution in [0.3, 0.4) is 0 Å². The molecule has 1 atom stereocenters. The Morgan fingerprint density at radius 2 is 1.86 bits per heavy atom. The maximum Gasteiger partial charge on any atom is 0.239 e. The number of piperidine rings is 2. The summed E-state index contributed by atoms with van der Waals surface area (Å²) in [5, 5.41) is 3.34. The number of hydrogen-bond acceptors (Lipinski definition) is 3. The summed E-state index contributed by atoms with van der Waals surface area (Å²) in [6.45, 7) is 2.60. The van der Waals surface area contributed by atoms with E-state index in [9.17, 15) is 4.79 Å². The normalized spacial score (nSPS) is 23.8. The zero-order chi connectivity index (χ0) is 14.5. The molecule has 4 heteroatoms. The molecule has 0 spiro atoms. The van der Waals surface area contributed by atoms with Crippen molar-refractivity contribution in [1.82, 2.24) is 10.2 Å². The maximum absolute atomic E-state index is 12.4. The van der Waals surface area contributed by atoms with E-state index in [1.54, 1.807) is 0 Å². The van der Waals surface area contributed by atoms with Crippen LogP contribution in [0.5, 0.6) is 5.75 Å². The van der Waals surface area contributed by atoms with Crippen LogP contribution in [0.25, 0.3) is 0 Å². The van der Waals surface area contributed by atoms with Gasteiger partial charge < -0.3 is 15.0 Å². The lowest BCUT2D eigenvalue weighted by Crippen LogP contribution is -2.51. The van der Waals surface area contributed by atoms with Crippen LogP contribution in [-0.2, 0) is 4.79 Å². The molecule has 2 heterocycles. The molecule has 0 saturated carbocycles. The molecule has 0 aliphatic carbocycles. The average Bonchev–Trinajstić information content (AvgIpc) is 2.57. The highest BCUT2D eigenvalue weighted by Gasteiger charge is 2.29. The third-order valence-corrected chi connectivity index (χ3v) is 4.41. The highest BCUT2D eigenvalue weighted by atomic mass is 16.5. The summed E-state index contributed by atoms with van der Waals surface area (Å²) < 4.78 is 5.98. The second-order valence-electron chi connectivity index (χ2n) is 5.96. The molecule has 2 aliphatic rings. The van der Waals surface area contributed by atoms with Crippen molar-refractivity contribution in [1.29, 1.82) is 0 Å². The minimum Gasteiger partial charge on any atom is -0.490 e. The number of nitrogens with zero attached hydrogens (tertiary/aromatic N) is 1. The third-order valence-electron chi connectivity index (χ3n) is 4.41. The zero-order valence-electron chi connectivity index (χ0n) is 12.5. The minimum absolute atomic E-state index is 0.0466. The Labute approximate surface area is 126 Å². The van der Waals surface area contributed by atoms with Gasteiger partial charge >= 0.3 is 0 Å². The predicted octanol–water partition coefficient (Wildman–Crippen LogP) is 2.20. The van der Waals surface area contributed by atoms with E-state index in [1.165, 1.54) is 6.42 Å². The average molecular weight is 288 g/mol. The maximum atomic E-state index is 12.4. The van der Waals surface area contributed by atoms with Crippen molar-refractivity contribution in [2.45, 2.75) is 44.2 Å². The number of carbonyl (C=O) groups excluding carboxylic acids is 1. The largest absolute Gasteiger partial charge is 0.490 e. The van der Waals surface area contributed by atoms with Gasteiger partial charge in [-0.05, 0) is 31.5 Å². The van der Waals surface area contributed by atoms with Crippen LogP contribution >= 0.6 is 0 Å². The van der Waals surface area contributed by atoms with Crippen LogP contribution in [0.2, 0.25) is 0 Å². The van der Waals surface area contributed by atoms with Crippen molar-refractivity contribution in [2.75, 3.05) is 19.6 Å². The second-order valence-corrected chi connectivity index (χ2v) is 5.96. The molecule has 1 N–H and O–H groups in total. The molecule has 0 radical (unpaired) electrons. The van der Waals surface area contributed by atoms with E-state index in [-0.39, 0.29) is 18.1 Å². The number of rotatable bonds is 3. The van der Waals surface area contributed by atoms with E-state index >= 15 is 0 Å². The van der Waals surface area contributed by atoms with Crippen LogP contribution < -0.4 is 10.1 Å². The smallest absolute Gasteiger partial charge is 0.239 e. The first kappa shape index (κ1) is 14.4. The summed E-state index contributed by atoms with van der Waals surface area (Å²) in [6.07, 6.45) is 5.42. The van der Waals surface area contributed by atoms with Gasteiger partial charge in [0.15, 0.2) is 0 Å². The SMILES string of the molecule is O=C(C1CCCCN1)N1CCC(Oc2ccccc2)CC1. The molecule has 2 saturated heterocycles. The molecule has 2 aliphatic heterocycles. The topological polar surface area (TPSA) is 41.6 Å². The summed E-state index contributed by atoms with van der Waals surface area (Å²) in [7, 11) is 0. The van der Waals surface area contributed by atoms with Gasteiger partial charge in [0.05, 0.1) is 6.04 Å². The molecule has 1 aromatic carbocycles. The number of carbonyl (C=O) groups is 1. The Hall–Kier alpha value is -1.55. The molecule has 0 aromatic heterocycles. The van der Waals surface area contributed by atoms with Gasteiger partial charge in [-0.2, -0.15) is 0 Å². The second kappa shape index (κ2) is 6.94. The van der Waals surface area contributed by atoms with Gasteiger partial charge in [-0.1, -0.05) is 24.6 Å². The standard InChI is InChI=1S/C17H24N2O2/c20-17(16-8-4-5-11-18-16)19-12-9-15(10-13-19)21-14-6-2-1-3-7-14/h1-3,6-7,15-16,18H,4-5,8-13H2. The van der Waals surface area contributed by atoms with E-state index in [0.29, 0.717) is 0 Å². The third kappa shape index (κ3) is 3.76. The summed E-state index contributed by atoms with van der Waals surface area (Å²) in [5.41, 5.74) is 0. The number of amides is 1. The van der Waals surface area contributed by atoms with Gasteiger partial charge in [0.2, 0.25) is 5.91 Å². The predicted molar refractivity (Wildman–Crippen MR) is 82.3 cm³/mol. The quantitative estimate of drug-likeness (QED) is 0.927. The van der Waals surface area contributed by atoms with Crippen molar-refractivity contribution in [3.63, 3.8) is 0 Å². The summed E-state index contributed by atoms with van der Waals surface area (Å²) in [6, 6.07) is 9.99. The van der Waals surface area contributed by atoms with Crippen molar-refractivity contribution < 1.29 is 9.53 Å². The molecule has 114 valence electrons. The van der Waals surface area contributed by atoms with Gasteiger partial charge in [-0.25, -0.2) is 0 Å². The minimum atomic E-state index is 0.0466.